The summed E-state index contributed by atoms with van der Waals surface area (Å²) in [5.74, 6) is 0. The molecule has 1 heterocycles. The third kappa shape index (κ3) is 1.75. The van der Waals surface area contributed by atoms with Crippen molar-refractivity contribution >= 4 is 80.8 Å². The Kier molecular flexibility index (Phi) is 2.83. The summed E-state index contributed by atoms with van der Waals surface area (Å²) in [6.07, 6.45) is 0. The molecule has 0 aliphatic carbocycles. The highest BCUT2D eigenvalue weighted by atomic mass is 127. The average Bonchev–Trinajstić information content (AvgIpc) is 2.80. The van der Waals surface area contributed by atoms with Crippen molar-refractivity contribution in [3.8, 4) is 0 Å². The molecular weight excluding hydrogens is 431 g/mol. The van der Waals surface area contributed by atoms with Gasteiger partial charge in [0.1, 0.15) is 0 Å². The van der Waals surface area contributed by atoms with E-state index in [1.54, 1.807) is 0 Å². The van der Waals surface area contributed by atoms with Gasteiger partial charge >= 0.3 is 0 Å². The molecule has 0 nitrogen and oxygen atoms in total. The highest BCUT2D eigenvalue weighted by molar-refractivity contribution is 14.1. The SMILES string of the molecule is Brc1cccc2sc3c4ccccc4cc(I)c3c12. The van der Waals surface area contributed by atoms with E-state index < -0.39 is 0 Å². The van der Waals surface area contributed by atoms with E-state index in [0.29, 0.717) is 0 Å². The van der Waals surface area contributed by atoms with Crippen molar-refractivity contribution in [1.82, 2.24) is 0 Å². The Morgan fingerprint density at radius 2 is 1.79 bits per heavy atom. The van der Waals surface area contributed by atoms with Crippen molar-refractivity contribution in [2.45, 2.75) is 0 Å². The lowest BCUT2D eigenvalue weighted by molar-refractivity contribution is 1.77. The minimum Gasteiger partial charge on any atom is -0.134 e. The summed E-state index contributed by atoms with van der Waals surface area (Å²) >= 11 is 8.04. The fourth-order valence-electron chi connectivity index (χ4n) is 2.56. The molecule has 0 bridgehead atoms. The molecule has 0 atom stereocenters. The lowest BCUT2D eigenvalue weighted by atomic mass is 10.1. The molecule has 0 aliphatic rings. The molecule has 0 aliphatic heterocycles. The van der Waals surface area contributed by atoms with Gasteiger partial charge < -0.3 is 0 Å². The van der Waals surface area contributed by atoms with Crippen molar-refractivity contribution in [1.29, 1.82) is 0 Å². The van der Waals surface area contributed by atoms with Crippen LogP contribution in [0.1, 0.15) is 0 Å². The summed E-state index contributed by atoms with van der Waals surface area (Å²) in [7, 11) is 0. The number of hydrogen-bond donors (Lipinski definition) is 0. The average molecular weight is 439 g/mol. The zero-order valence-corrected chi connectivity index (χ0v) is 14.3. The summed E-state index contributed by atoms with van der Waals surface area (Å²) in [5, 5.41) is 5.40. The van der Waals surface area contributed by atoms with Crippen molar-refractivity contribution in [3.05, 3.63) is 56.6 Å². The molecule has 0 saturated carbocycles. The standard InChI is InChI=1S/C16H8BrIS/c17-11-6-3-7-13-14(11)15-12(18)8-9-4-1-2-5-10(9)16(15)19-13/h1-8H. The van der Waals surface area contributed by atoms with E-state index in [0.717, 1.165) is 0 Å². The smallest absolute Gasteiger partial charge is 0.0444 e. The van der Waals surface area contributed by atoms with Gasteiger partial charge in [0.15, 0.2) is 0 Å². The van der Waals surface area contributed by atoms with Gasteiger partial charge in [-0.05, 0) is 51.6 Å². The molecule has 0 unspecified atom stereocenters. The minimum atomic E-state index is 1.18. The normalized spacial score (nSPS) is 11.7. The first-order valence-electron chi connectivity index (χ1n) is 5.93. The maximum absolute atomic E-state index is 3.70. The van der Waals surface area contributed by atoms with Gasteiger partial charge in [-0.25, -0.2) is 0 Å². The van der Waals surface area contributed by atoms with Crippen LogP contribution in [0.3, 0.4) is 0 Å². The number of thiophene rings is 1. The predicted octanol–water partition coefficient (Wildman–Crippen LogP) is 6.57. The van der Waals surface area contributed by atoms with Crippen LogP contribution in [-0.4, -0.2) is 0 Å². The van der Waals surface area contributed by atoms with Gasteiger partial charge in [-0.1, -0.05) is 46.3 Å². The Balaban J connectivity index is 2.38. The lowest BCUT2D eigenvalue weighted by Crippen LogP contribution is -1.78. The topological polar surface area (TPSA) is 0 Å². The Morgan fingerprint density at radius 1 is 0.947 bits per heavy atom. The van der Waals surface area contributed by atoms with Crippen LogP contribution in [0, 0.1) is 3.57 Å². The first-order valence-corrected chi connectivity index (χ1v) is 8.62. The fraction of sp³-hybridized carbons (Fsp3) is 0. The molecule has 3 aromatic carbocycles. The predicted molar refractivity (Wildman–Crippen MR) is 97.3 cm³/mol. The Labute approximate surface area is 136 Å². The number of fused-ring (bicyclic) bond motifs is 5. The highest BCUT2D eigenvalue weighted by Crippen LogP contribution is 2.43. The highest BCUT2D eigenvalue weighted by Gasteiger charge is 2.13. The molecule has 3 heteroatoms. The largest absolute Gasteiger partial charge is 0.134 e. The van der Waals surface area contributed by atoms with E-state index >= 15 is 0 Å². The van der Waals surface area contributed by atoms with Crippen LogP contribution in [0.15, 0.2) is 53.0 Å². The molecule has 1 aromatic heterocycles. The number of halogens is 2. The first-order chi connectivity index (χ1) is 9.25. The van der Waals surface area contributed by atoms with Gasteiger partial charge in [0, 0.05) is 28.2 Å². The third-order valence-electron chi connectivity index (χ3n) is 3.39. The van der Waals surface area contributed by atoms with E-state index in [1.165, 1.54) is 39.0 Å². The number of benzene rings is 3. The van der Waals surface area contributed by atoms with Crippen molar-refractivity contribution in [3.63, 3.8) is 0 Å². The van der Waals surface area contributed by atoms with Gasteiger partial charge in [-0.2, -0.15) is 0 Å². The van der Waals surface area contributed by atoms with Gasteiger partial charge in [0.25, 0.3) is 0 Å². The zero-order valence-electron chi connectivity index (χ0n) is 9.78. The van der Waals surface area contributed by atoms with Crippen LogP contribution in [-0.2, 0) is 0 Å². The summed E-state index contributed by atoms with van der Waals surface area (Å²) in [6, 6.07) is 17.4. The molecule has 0 saturated heterocycles. The molecule has 19 heavy (non-hydrogen) atoms. The third-order valence-corrected chi connectivity index (χ3v) is 6.09. The van der Waals surface area contributed by atoms with Crippen LogP contribution >= 0.6 is 49.9 Å². The van der Waals surface area contributed by atoms with Crippen molar-refractivity contribution in [2.24, 2.45) is 0 Å². The second kappa shape index (κ2) is 4.43. The maximum Gasteiger partial charge on any atom is 0.0444 e. The van der Waals surface area contributed by atoms with Crippen LogP contribution in [0.4, 0.5) is 0 Å². The van der Waals surface area contributed by atoms with Crippen LogP contribution in [0.25, 0.3) is 30.9 Å². The fourth-order valence-corrected chi connectivity index (χ4v) is 5.61. The van der Waals surface area contributed by atoms with E-state index in [2.05, 4.69) is 87.1 Å². The molecule has 4 rings (SSSR count). The summed E-state index contributed by atoms with van der Waals surface area (Å²) in [4.78, 5) is 0. The minimum absolute atomic E-state index is 1.18. The Bertz CT molecular complexity index is 940. The quantitative estimate of drug-likeness (QED) is 0.272. The number of rotatable bonds is 0. The second-order valence-electron chi connectivity index (χ2n) is 4.50. The molecular formula is C16H8BrIS. The van der Waals surface area contributed by atoms with Crippen LogP contribution < -0.4 is 0 Å². The van der Waals surface area contributed by atoms with E-state index in [9.17, 15) is 0 Å². The molecule has 0 amide bonds. The Hall–Kier alpha value is -0.650. The molecule has 0 radical (unpaired) electrons. The first kappa shape index (κ1) is 12.1. The Morgan fingerprint density at radius 3 is 2.68 bits per heavy atom. The monoisotopic (exact) mass is 438 g/mol. The van der Waals surface area contributed by atoms with Crippen LogP contribution in [0.2, 0.25) is 0 Å². The van der Waals surface area contributed by atoms with E-state index in [1.807, 2.05) is 11.3 Å². The van der Waals surface area contributed by atoms with Gasteiger partial charge in [-0.15, -0.1) is 11.3 Å². The molecule has 4 aromatic rings. The summed E-state index contributed by atoms with van der Waals surface area (Å²) < 4.78 is 5.25. The summed E-state index contributed by atoms with van der Waals surface area (Å²) in [6.45, 7) is 0. The second-order valence-corrected chi connectivity index (χ2v) is 7.57. The number of hydrogen-bond acceptors (Lipinski definition) is 1. The molecule has 0 N–H and O–H groups in total. The molecule has 0 spiro atoms. The van der Waals surface area contributed by atoms with Crippen molar-refractivity contribution in [2.75, 3.05) is 0 Å². The summed E-state index contributed by atoms with van der Waals surface area (Å²) in [5.41, 5.74) is 0. The van der Waals surface area contributed by atoms with E-state index in [-0.39, 0.29) is 0 Å². The van der Waals surface area contributed by atoms with Crippen molar-refractivity contribution < 1.29 is 0 Å². The zero-order chi connectivity index (χ0) is 13.0. The molecule has 92 valence electrons. The van der Waals surface area contributed by atoms with Crippen LogP contribution in [0.5, 0.6) is 0 Å². The van der Waals surface area contributed by atoms with Gasteiger partial charge in [0.2, 0.25) is 0 Å². The maximum atomic E-state index is 3.70. The van der Waals surface area contributed by atoms with Gasteiger partial charge in [0.05, 0.1) is 0 Å². The lowest BCUT2D eigenvalue weighted by Gasteiger charge is -2.03. The van der Waals surface area contributed by atoms with Gasteiger partial charge in [-0.3, -0.25) is 0 Å². The van der Waals surface area contributed by atoms with E-state index in [4.69, 9.17) is 0 Å². The molecule has 0 fully saturated rings.